The molecule has 1 heterocycles. The van der Waals surface area contributed by atoms with Crippen molar-refractivity contribution in [3.8, 4) is 0 Å². The van der Waals surface area contributed by atoms with Gasteiger partial charge in [0.05, 0.1) is 15.0 Å². The van der Waals surface area contributed by atoms with E-state index >= 15 is 0 Å². The molecule has 0 saturated heterocycles. The Morgan fingerprint density at radius 1 is 1.20 bits per heavy atom. The van der Waals surface area contributed by atoms with Crippen molar-refractivity contribution >= 4 is 40.6 Å². The van der Waals surface area contributed by atoms with Crippen LogP contribution in [0, 0.1) is 10.1 Å². The fourth-order valence-corrected chi connectivity index (χ4v) is 1.69. The predicted octanol–water partition coefficient (Wildman–Crippen LogP) is 3.55. The normalized spacial score (nSPS) is 10.1. The van der Waals surface area contributed by atoms with Crippen LogP contribution in [0.5, 0.6) is 0 Å². The summed E-state index contributed by atoms with van der Waals surface area (Å²) in [5.74, 6) is -0.239. The van der Waals surface area contributed by atoms with Gasteiger partial charge >= 0.3 is 0 Å². The smallest absolute Gasteiger partial charge is 0.287 e. The van der Waals surface area contributed by atoms with E-state index in [1.165, 1.54) is 30.3 Å². The first-order valence-electron chi connectivity index (χ1n) is 5.34. The molecule has 2 aromatic rings. The molecule has 6 nitrogen and oxygen atoms in total. The summed E-state index contributed by atoms with van der Waals surface area (Å²) < 4.78 is 0. The van der Waals surface area contributed by atoms with E-state index in [1.807, 2.05) is 0 Å². The molecule has 1 amide bonds. The third-order valence-electron chi connectivity index (χ3n) is 2.38. The number of halogens is 2. The number of anilines is 1. The van der Waals surface area contributed by atoms with Crippen LogP contribution in [0.2, 0.25) is 10.0 Å². The van der Waals surface area contributed by atoms with Gasteiger partial charge in [0.2, 0.25) is 0 Å². The second-order valence-electron chi connectivity index (χ2n) is 3.74. The van der Waals surface area contributed by atoms with E-state index in [1.54, 1.807) is 0 Å². The number of rotatable bonds is 3. The van der Waals surface area contributed by atoms with E-state index in [0.29, 0.717) is 10.6 Å². The number of nitro groups is 1. The fourth-order valence-electron chi connectivity index (χ4n) is 1.39. The quantitative estimate of drug-likeness (QED) is 0.693. The first-order valence-corrected chi connectivity index (χ1v) is 6.10. The van der Waals surface area contributed by atoms with Crippen molar-refractivity contribution in [1.29, 1.82) is 0 Å². The highest BCUT2D eigenvalue weighted by atomic mass is 35.5. The molecule has 0 fully saturated rings. The van der Waals surface area contributed by atoms with Crippen LogP contribution >= 0.6 is 23.2 Å². The Balaban J connectivity index is 2.14. The Morgan fingerprint density at radius 3 is 2.50 bits per heavy atom. The Bertz CT molecular complexity index is 674. The summed E-state index contributed by atoms with van der Waals surface area (Å²) in [6, 6.07) is 7.02. The highest BCUT2D eigenvalue weighted by molar-refractivity contribution is 6.42. The van der Waals surface area contributed by atoms with Gasteiger partial charge in [0.15, 0.2) is 0 Å². The molecule has 0 atom stereocenters. The number of pyridine rings is 1. The van der Waals surface area contributed by atoms with Gasteiger partial charge in [0.25, 0.3) is 11.6 Å². The Morgan fingerprint density at radius 2 is 1.95 bits per heavy atom. The average molecular weight is 312 g/mol. The largest absolute Gasteiger partial charge is 0.307 e. The first-order chi connectivity index (χ1) is 9.47. The number of amides is 1. The standard InChI is InChI=1S/C12H7Cl2N3O3/c13-9-3-1-7(5-10(9)14)12(18)16-11-4-2-8(6-15-11)17(19)20/h1-6H,(H,15,16,18). The molecule has 1 aromatic carbocycles. The zero-order chi connectivity index (χ0) is 14.7. The Kier molecular flexibility index (Phi) is 4.16. The Hall–Kier alpha value is -2.18. The molecule has 8 heteroatoms. The maximum absolute atomic E-state index is 11.9. The minimum Gasteiger partial charge on any atom is -0.307 e. The number of hydrogen-bond donors (Lipinski definition) is 1. The first kappa shape index (κ1) is 14.2. The van der Waals surface area contributed by atoms with Crippen molar-refractivity contribution in [2.24, 2.45) is 0 Å². The fraction of sp³-hybridized carbons (Fsp3) is 0. The molecule has 0 aliphatic rings. The summed E-state index contributed by atoms with van der Waals surface area (Å²) in [7, 11) is 0. The van der Waals surface area contributed by atoms with Crippen molar-refractivity contribution in [1.82, 2.24) is 4.98 Å². The molecular formula is C12H7Cl2N3O3. The van der Waals surface area contributed by atoms with Crippen molar-refractivity contribution < 1.29 is 9.72 Å². The van der Waals surface area contributed by atoms with Gasteiger partial charge in [-0.25, -0.2) is 4.98 Å². The maximum atomic E-state index is 11.9. The van der Waals surface area contributed by atoms with Gasteiger partial charge in [-0.05, 0) is 24.3 Å². The molecule has 102 valence electrons. The summed E-state index contributed by atoms with van der Waals surface area (Å²) in [6.07, 6.45) is 1.06. The van der Waals surface area contributed by atoms with Gasteiger partial charge in [0.1, 0.15) is 12.0 Å². The number of aromatic nitrogens is 1. The number of carbonyl (C=O) groups excluding carboxylic acids is 1. The average Bonchev–Trinajstić information content (AvgIpc) is 2.42. The molecule has 0 bridgehead atoms. The minimum absolute atomic E-state index is 0.155. The summed E-state index contributed by atoms with van der Waals surface area (Å²) in [4.78, 5) is 25.6. The van der Waals surface area contributed by atoms with Crippen LogP contribution in [0.15, 0.2) is 36.5 Å². The SMILES string of the molecule is O=C(Nc1ccc([N+](=O)[O-])cn1)c1ccc(Cl)c(Cl)c1. The molecule has 0 spiro atoms. The number of nitrogens with one attached hydrogen (secondary N) is 1. The molecule has 1 N–H and O–H groups in total. The van der Waals surface area contributed by atoms with Gasteiger partial charge in [-0.1, -0.05) is 23.2 Å². The lowest BCUT2D eigenvalue weighted by Crippen LogP contribution is -2.12. The summed E-state index contributed by atoms with van der Waals surface area (Å²) in [6.45, 7) is 0. The van der Waals surface area contributed by atoms with Gasteiger partial charge in [-0.3, -0.25) is 14.9 Å². The molecule has 0 unspecified atom stereocenters. The number of benzene rings is 1. The molecule has 0 radical (unpaired) electrons. The molecular weight excluding hydrogens is 305 g/mol. The molecule has 1 aromatic heterocycles. The molecule has 20 heavy (non-hydrogen) atoms. The second-order valence-corrected chi connectivity index (χ2v) is 4.56. The molecule has 0 saturated carbocycles. The summed E-state index contributed by atoms with van der Waals surface area (Å²) in [5, 5.41) is 13.6. The van der Waals surface area contributed by atoms with E-state index in [2.05, 4.69) is 10.3 Å². The van der Waals surface area contributed by atoms with E-state index in [9.17, 15) is 14.9 Å². The third-order valence-corrected chi connectivity index (χ3v) is 3.12. The number of hydrogen-bond acceptors (Lipinski definition) is 4. The van der Waals surface area contributed by atoms with Gasteiger partial charge in [-0.2, -0.15) is 0 Å². The number of nitrogens with zero attached hydrogens (tertiary/aromatic N) is 2. The zero-order valence-corrected chi connectivity index (χ0v) is 11.4. The van der Waals surface area contributed by atoms with Crippen molar-refractivity contribution in [2.75, 3.05) is 5.32 Å². The third kappa shape index (κ3) is 3.23. The van der Waals surface area contributed by atoms with Crippen molar-refractivity contribution in [3.63, 3.8) is 0 Å². The van der Waals surface area contributed by atoms with E-state index in [-0.39, 0.29) is 16.5 Å². The lowest BCUT2D eigenvalue weighted by atomic mass is 10.2. The van der Waals surface area contributed by atoms with Gasteiger partial charge in [0, 0.05) is 11.6 Å². The Labute approximate surface area is 123 Å². The van der Waals surface area contributed by atoms with Crippen LogP contribution in [-0.2, 0) is 0 Å². The van der Waals surface area contributed by atoms with Crippen molar-refractivity contribution in [3.05, 3.63) is 62.3 Å². The highest BCUT2D eigenvalue weighted by Crippen LogP contribution is 2.23. The maximum Gasteiger partial charge on any atom is 0.287 e. The van der Waals surface area contributed by atoms with Gasteiger partial charge < -0.3 is 5.32 Å². The minimum atomic E-state index is -0.572. The molecule has 0 aliphatic heterocycles. The topological polar surface area (TPSA) is 85.1 Å². The van der Waals surface area contributed by atoms with Crippen LogP contribution < -0.4 is 5.32 Å². The van der Waals surface area contributed by atoms with Crippen LogP contribution in [0.3, 0.4) is 0 Å². The van der Waals surface area contributed by atoms with Crippen LogP contribution in [-0.4, -0.2) is 15.8 Å². The van der Waals surface area contributed by atoms with Crippen LogP contribution in [0.25, 0.3) is 0 Å². The van der Waals surface area contributed by atoms with E-state index < -0.39 is 10.8 Å². The van der Waals surface area contributed by atoms with Crippen LogP contribution in [0.4, 0.5) is 11.5 Å². The molecule has 2 rings (SSSR count). The van der Waals surface area contributed by atoms with Crippen LogP contribution in [0.1, 0.15) is 10.4 Å². The highest BCUT2D eigenvalue weighted by Gasteiger charge is 2.10. The lowest BCUT2D eigenvalue weighted by Gasteiger charge is -2.05. The van der Waals surface area contributed by atoms with Gasteiger partial charge in [-0.15, -0.1) is 0 Å². The lowest BCUT2D eigenvalue weighted by molar-refractivity contribution is -0.385. The monoisotopic (exact) mass is 311 g/mol. The van der Waals surface area contributed by atoms with Crippen molar-refractivity contribution in [2.45, 2.75) is 0 Å². The summed E-state index contributed by atoms with van der Waals surface area (Å²) in [5.41, 5.74) is 0.150. The zero-order valence-electron chi connectivity index (χ0n) is 9.84. The summed E-state index contributed by atoms with van der Waals surface area (Å²) >= 11 is 11.6. The molecule has 0 aliphatic carbocycles. The number of carbonyl (C=O) groups is 1. The van der Waals surface area contributed by atoms with E-state index in [0.717, 1.165) is 6.20 Å². The predicted molar refractivity (Wildman–Crippen MR) is 75.3 cm³/mol. The van der Waals surface area contributed by atoms with E-state index in [4.69, 9.17) is 23.2 Å². The second kappa shape index (κ2) is 5.85.